The molecule has 3 heteroatoms. The number of nitriles is 1. The second-order valence-electron chi connectivity index (χ2n) is 2.35. The van der Waals surface area contributed by atoms with Gasteiger partial charge in [0, 0.05) is 6.61 Å². The fraction of sp³-hybridized carbons (Fsp3) is 0.300. The second-order valence-corrected chi connectivity index (χ2v) is 2.35. The quantitative estimate of drug-likeness (QED) is 0.660. The van der Waals surface area contributed by atoms with Crippen LogP contribution in [0.1, 0.15) is 6.92 Å². The molecular weight excluding hydrogens is 166 g/mol. The lowest BCUT2D eigenvalue weighted by atomic mass is 10.3. The van der Waals surface area contributed by atoms with Gasteiger partial charge >= 0.3 is 0 Å². The fourth-order valence-electron chi connectivity index (χ4n) is 0.872. The molecule has 1 atom stereocenters. The summed E-state index contributed by atoms with van der Waals surface area (Å²) in [5.74, 6) is 0.641. The van der Waals surface area contributed by atoms with E-state index < -0.39 is 6.29 Å². The first-order valence-electron chi connectivity index (χ1n) is 4.09. The average Bonchev–Trinajstić information content (AvgIpc) is 2.19. The Kier molecular flexibility index (Phi) is 3.80. The molecule has 0 bridgehead atoms. The Morgan fingerprint density at radius 2 is 2.08 bits per heavy atom. The Balaban J connectivity index is 2.53. The third-order valence-electron chi connectivity index (χ3n) is 1.41. The van der Waals surface area contributed by atoms with Gasteiger partial charge in [0.15, 0.2) is 0 Å². The van der Waals surface area contributed by atoms with E-state index in [0.29, 0.717) is 12.4 Å². The van der Waals surface area contributed by atoms with E-state index in [9.17, 15) is 0 Å². The molecule has 0 saturated heterocycles. The number of ether oxygens (including phenoxy) is 2. The summed E-state index contributed by atoms with van der Waals surface area (Å²) in [5, 5.41) is 8.62. The van der Waals surface area contributed by atoms with Crippen LogP contribution in [0.4, 0.5) is 0 Å². The molecular formula is C10H11NO2. The molecule has 0 radical (unpaired) electrons. The van der Waals surface area contributed by atoms with Crippen molar-refractivity contribution < 1.29 is 9.47 Å². The first kappa shape index (κ1) is 9.56. The molecule has 0 aliphatic carbocycles. The molecule has 1 aromatic carbocycles. The van der Waals surface area contributed by atoms with Crippen molar-refractivity contribution in [3.63, 3.8) is 0 Å². The van der Waals surface area contributed by atoms with Gasteiger partial charge in [-0.2, -0.15) is 5.26 Å². The molecule has 0 spiro atoms. The molecule has 0 heterocycles. The van der Waals surface area contributed by atoms with Crippen LogP contribution in [0.3, 0.4) is 0 Å². The molecule has 1 aromatic rings. The fourth-order valence-corrected chi connectivity index (χ4v) is 0.872. The standard InChI is InChI=1S/C10H11NO2/c1-2-12-10(8-11)13-9-6-4-3-5-7-9/h3-7,10H,2H2,1H3. The first-order chi connectivity index (χ1) is 6.36. The van der Waals surface area contributed by atoms with E-state index in [4.69, 9.17) is 14.7 Å². The van der Waals surface area contributed by atoms with Crippen molar-refractivity contribution in [2.75, 3.05) is 6.61 Å². The minimum Gasteiger partial charge on any atom is -0.451 e. The van der Waals surface area contributed by atoms with Crippen molar-refractivity contribution in [1.82, 2.24) is 0 Å². The lowest BCUT2D eigenvalue weighted by Gasteiger charge is -2.11. The predicted molar refractivity (Wildman–Crippen MR) is 48.1 cm³/mol. The zero-order chi connectivity index (χ0) is 9.52. The Morgan fingerprint density at radius 3 is 2.62 bits per heavy atom. The highest BCUT2D eigenvalue weighted by molar-refractivity contribution is 5.21. The Bertz CT molecular complexity index is 279. The first-order valence-corrected chi connectivity index (χ1v) is 4.09. The van der Waals surface area contributed by atoms with Gasteiger partial charge in [-0.25, -0.2) is 0 Å². The number of para-hydroxylation sites is 1. The zero-order valence-electron chi connectivity index (χ0n) is 7.43. The predicted octanol–water partition coefficient (Wildman–Crippen LogP) is 1.95. The summed E-state index contributed by atoms with van der Waals surface area (Å²) in [7, 11) is 0. The van der Waals surface area contributed by atoms with Crippen LogP contribution in [0.5, 0.6) is 5.75 Å². The molecule has 0 aliphatic heterocycles. The van der Waals surface area contributed by atoms with E-state index in [2.05, 4.69) is 0 Å². The minimum absolute atomic E-state index is 0.463. The van der Waals surface area contributed by atoms with Crippen molar-refractivity contribution in [2.45, 2.75) is 13.2 Å². The molecule has 0 amide bonds. The van der Waals surface area contributed by atoms with E-state index in [1.807, 2.05) is 31.2 Å². The summed E-state index contributed by atoms with van der Waals surface area (Å²) in [6, 6.07) is 11.0. The highest BCUT2D eigenvalue weighted by Gasteiger charge is 2.06. The molecule has 1 unspecified atom stereocenters. The van der Waals surface area contributed by atoms with Gasteiger partial charge in [-0.05, 0) is 19.1 Å². The molecule has 0 aliphatic rings. The minimum atomic E-state index is -0.813. The maximum Gasteiger partial charge on any atom is 0.289 e. The normalized spacial score (nSPS) is 11.7. The molecule has 3 nitrogen and oxygen atoms in total. The summed E-state index contributed by atoms with van der Waals surface area (Å²) in [6.45, 7) is 2.28. The van der Waals surface area contributed by atoms with Crippen LogP contribution in [-0.2, 0) is 4.74 Å². The zero-order valence-corrected chi connectivity index (χ0v) is 7.43. The van der Waals surface area contributed by atoms with Gasteiger partial charge in [-0.15, -0.1) is 0 Å². The van der Waals surface area contributed by atoms with Crippen molar-refractivity contribution in [2.24, 2.45) is 0 Å². The summed E-state index contributed by atoms with van der Waals surface area (Å²) >= 11 is 0. The van der Waals surface area contributed by atoms with Crippen LogP contribution < -0.4 is 4.74 Å². The van der Waals surface area contributed by atoms with E-state index in [0.717, 1.165) is 0 Å². The number of hydrogen-bond acceptors (Lipinski definition) is 3. The van der Waals surface area contributed by atoms with Crippen LogP contribution in [0, 0.1) is 11.3 Å². The highest BCUT2D eigenvalue weighted by atomic mass is 16.7. The largest absolute Gasteiger partial charge is 0.451 e. The Morgan fingerprint density at radius 1 is 1.38 bits per heavy atom. The molecule has 13 heavy (non-hydrogen) atoms. The van der Waals surface area contributed by atoms with Crippen LogP contribution in [0.2, 0.25) is 0 Å². The van der Waals surface area contributed by atoms with E-state index in [1.54, 1.807) is 12.1 Å². The smallest absolute Gasteiger partial charge is 0.289 e. The maximum absolute atomic E-state index is 8.62. The van der Waals surface area contributed by atoms with E-state index in [1.165, 1.54) is 0 Å². The van der Waals surface area contributed by atoms with Crippen molar-refractivity contribution >= 4 is 0 Å². The number of rotatable bonds is 4. The lowest BCUT2D eigenvalue weighted by Crippen LogP contribution is -2.17. The number of hydrogen-bond donors (Lipinski definition) is 0. The molecule has 1 rings (SSSR count). The molecule has 0 fully saturated rings. The van der Waals surface area contributed by atoms with Crippen LogP contribution in [-0.4, -0.2) is 12.9 Å². The average molecular weight is 177 g/mol. The van der Waals surface area contributed by atoms with Crippen LogP contribution in [0.15, 0.2) is 30.3 Å². The van der Waals surface area contributed by atoms with E-state index in [-0.39, 0.29) is 0 Å². The summed E-state index contributed by atoms with van der Waals surface area (Å²) in [4.78, 5) is 0. The molecule has 0 N–H and O–H groups in total. The Labute approximate surface area is 77.5 Å². The van der Waals surface area contributed by atoms with Gasteiger partial charge in [0.1, 0.15) is 11.8 Å². The molecule has 0 aromatic heterocycles. The number of benzene rings is 1. The molecule has 68 valence electrons. The van der Waals surface area contributed by atoms with Crippen molar-refractivity contribution in [1.29, 1.82) is 5.26 Å². The van der Waals surface area contributed by atoms with Gasteiger partial charge in [0.25, 0.3) is 6.29 Å². The van der Waals surface area contributed by atoms with Gasteiger partial charge in [-0.1, -0.05) is 18.2 Å². The van der Waals surface area contributed by atoms with Gasteiger partial charge in [-0.3, -0.25) is 0 Å². The number of nitrogens with zero attached hydrogens (tertiary/aromatic N) is 1. The van der Waals surface area contributed by atoms with Crippen molar-refractivity contribution in [3.8, 4) is 11.8 Å². The highest BCUT2D eigenvalue weighted by Crippen LogP contribution is 2.10. The van der Waals surface area contributed by atoms with Gasteiger partial charge < -0.3 is 9.47 Å². The monoisotopic (exact) mass is 177 g/mol. The Hall–Kier alpha value is -1.53. The van der Waals surface area contributed by atoms with Gasteiger partial charge in [0.05, 0.1) is 0 Å². The SMILES string of the molecule is CCOC(C#N)Oc1ccccc1. The van der Waals surface area contributed by atoms with Gasteiger partial charge in [0.2, 0.25) is 0 Å². The summed E-state index contributed by atoms with van der Waals surface area (Å²) < 4.78 is 10.2. The van der Waals surface area contributed by atoms with Crippen LogP contribution in [0.25, 0.3) is 0 Å². The lowest BCUT2D eigenvalue weighted by molar-refractivity contribution is -0.0346. The van der Waals surface area contributed by atoms with Crippen molar-refractivity contribution in [3.05, 3.63) is 30.3 Å². The second kappa shape index (κ2) is 5.18. The maximum atomic E-state index is 8.62. The topological polar surface area (TPSA) is 42.2 Å². The summed E-state index contributed by atoms with van der Waals surface area (Å²) in [5.41, 5.74) is 0. The summed E-state index contributed by atoms with van der Waals surface area (Å²) in [6.07, 6.45) is -0.813. The third kappa shape index (κ3) is 3.14. The third-order valence-corrected chi connectivity index (χ3v) is 1.41. The van der Waals surface area contributed by atoms with Crippen LogP contribution >= 0.6 is 0 Å². The van der Waals surface area contributed by atoms with E-state index >= 15 is 0 Å². The molecule has 0 saturated carbocycles.